The third kappa shape index (κ3) is 4.15. The highest BCUT2D eigenvalue weighted by atomic mass is 16.3. The molecular weight excluding hydrogens is 226 g/mol. The first-order valence-corrected chi connectivity index (χ1v) is 6.37. The maximum absolute atomic E-state index is 11.4. The van der Waals surface area contributed by atoms with E-state index in [1.807, 2.05) is 26.0 Å². The van der Waals surface area contributed by atoms with Crippen LogP contribution in [0, 0.1) is 13.8 Å². The Bertz CT molecular complexity index is 413. The lowest BCUT2D eigenvalue weighted by molar-refractivity contribution is -0.128. The Labute approximate surface area is 109 Å². The zero-order chi connectivity index (χ0) is 13.7. The minimum absolute atomic E-state index is 0.114. The van der Waals surface area contributed by atoms with Gasteiger partial charge in [-0.3, -0.25) is 4.79 Å². The summed E-state index contributed by atoms with van der Waals surface area (Å²) in [4.78, 5) is 13.0. The number of carbonyl (C=O) groups excluding carboxylic acids is 1. The van der Waals surface area contributed by atoms with Crippen LogP contribution in [0.1, 0.15) is 42.1 Å². The highest BCUT2D eigenvalue weighted by Gasteiger charge is 2.11. The Hall–Kier alpha value is -1.35. The second kappa shape index (κ2) is 6.55. The topological polar surface area (TPSA) is 40.5 Å². The summed E-state index contributed by atoms with van der Waals surface area (Å²) in [6.07, 6.45) is 1.37. The quantitative estimate of drug-likeness (QED) is 0.871. The van der Waals surface area contributed by atoms with Crippen LogP contribution in [0.25, 0.3) is 0 Å². The molecule has 0 aliphatic heterocycles. The van der Waals surface area contributed by atoms with Crippen molar-refractivity contribution in [3.8, 4) is 0 Å². The molecule has 1 aromatic rings. The van der Waals surface area contributed by atoms with E-state index in [0.29, 0.717) is 19.3 Å². The number of benzene rings is 1. The predicted molar refractivity (Wildman–Crippen MR) is 73.4 cm³/mol. The highest BCUT2D eigenvalue weighted by molar-refractivity contribution is 5.75. The van der Waals surface area contributed by atoms with Crippen molar-refractivity contribution in [3.05, 3.63) is 34.9 Å². The monoisotopic (exact) mass is 249 g/mol. The van der Waals surface area contributed by atoms with Gasteiger partial charge in [0.1, 0.15) is 0 Å². The van der Waals surface area contributed by atoms with Crippen molar-refractivity contribution in [1.82, 2.24) is 4.90 Å². The minimum atomic E-state index is -0.472. The van der Waals surface area contributed by atoms with Gasteiger partial charge in [0.15, 0.2) is 0 Å². The first-order valence-electron chi connectivity index (χ1n) is 6.37. The summed E-state index contributed by atoms with van der Waals surface area (Å²) in [5.74, 6) is 0.114. The average molecular weight is 249 g/mol. The van der Waals surface area contributed by atoms with Crippen molar-refractivity contribution in [2.45, 2.75) is 39.2 Å². The lowest BCUT2D eigenvalue weighted by Gasteiger charge is -2.15. The zero-order valence-electron chi connectivity index (χ0n) is 11.7. The Morgan fingerprint density at radius 1 is 1.33 bits per heavy atom. The van der Waals surface area contributed by atoms with E-state index in [1.165, 1.54) is 5.56 Å². The molecule has 1 aromatic carbocycles. The molecule has 0 bridgehead atoms. The fourth-order valence-corrected chi connectivity index (χ4v) is 2.03. The van der Waals surface area contributed by atoms with Crippen LogP contribution in [0.5, 0.6) is 0 Å². The fourth-order valence-electron chi connectivity index (χ4n) is 2.03. The van der Waals surface area contributed by atoms with Gasteiger partial charge in [-0.25, -0.2) is 0 Å². The molecule has 0 aliphatic rings. The van der Waals surface area contributed by atoms with Gasteiger partial charge in [-0.15, -0.1) is 0 Å². The van der Waals surface area contributed by atoms with Crippen molar-refractivity contribution in [2.75, 3.05) is 14.1 Å². The standard InChI is InChI=1S/C15H23NO2/c1-11-8-9-13(12(2)10-11)14(17)6-5-7-15(18)16(3)4/h8-10,14,17H,5-7H2,1-4H3. The second-order valence-electron chi connectivity index (χ2n) is 5.06. The maximum Gasteiger partial charge on any atom is 0.222 e. The number of aliphatic hydroxyl groups excluding tert-OH is 1. The molecule has 0 aliphatic carbocycles. The van der Waals surface area contributed by atoms with Gasteiger partial charge in [-0.05, 0) is 37.8 Å². The molecule has 0 saturated heterocycles. The Balaban J connectivity index is 2.50. The van der Waals surface area contributed by atoms with E-state index < -0.39 is 6.10 Å². The number of hydrogen-bond donors (Lipinski definition) is 1. The van der Waals surface area contributed by atoms with Crippen LogP contribution in [0.4, 0.5) is 0 Å². The van der Waals surface area contributed by atoms with Crippen LogP contribution in [-0.2, 0) is 4.79 Å². The van der Waals surface area contributed by atoms with Crippen LogP contribution in [0.2, 0.25) is 0 Å². The predicted octanol–water partition coefficient (Wildman–Crippen LogP) is 2.60. The van der Waals surface area contributed by atoms with Gasteiger partial charge >= 0.3 is 0 Å². The van der Waals surface area contributed by atoms with E-state index in [9.17, 15) is 9.90 Å². The molecular formula is C15H23NO2. The maximum atomic E-state index is 11.4. The lowest BCUT2D eigenvalue weighted by atomic mass is 9.97. The average Bonchev–Trinajstić information content (AvgIpc) is 2.28. The molecule has 3 heteroatoms. The summed E-state index contributed by atoms with van der Waals surface area (Å²) in [5.41, 5.74) is 3.28. The van der Waals surface area contributed by atoms with Crippen LogP contribution in [0.3, 0.4) is 0 Å². The first kappa shape index (κ1) is 14.7. The van der Waals surface area contributed by atoms with Gasteiger partial charge in [-0.1, -0.05) is 23.8 Å². The van der Waals surface area contributed by atoms with Crippen LogP contribution < -0.4 is 0 Å². The summed E-state index contributed by atoms with van der Waals surface area (Å²) in [7, 11) is 3.51. The van der Waals surface area contributed by atoms with E-state index >= 15 is 0 Å². The molecule has 18 heavy (non-hydrogen) atoms. The van der Waals surface area contributed by atoms with Gasteiger partial charge in [0.2, 0.25) is 5.91 Å². The zero-order valence-corrected chi connectivity index (χ0v) is 11.7. The second-order valence-corrected chi connectivity index (χ2v) is 5.06. The van der Waals surface area contributed by atoms with Crippen LogP contribution in [-0.4, -0.2) is 30.0 Å². The summed E-state index contributed by atoms with van der Waals surface area (Å²) < 4.78 is 0. The lowest BCUT2D eigenvalue weighted by Crippen LogP contribution is -2.21. The smallest absolute Gasteiger partial charge is 0.222 e. The molecule has 0 fully saturated rings. The summed E-state index contributed by atoms with van der Waals surface area (Å²) >= 11 is 0. The van der Waals surface area contributed by atoms with E-state index in [-0.39, 0.29) is 5.91 Å². The molecule has 1 N–H and O–H groups in total. The molecule has 1 rings (SSSR count). The Morgan fingerprint density at radius 3 is 2.56 bits per heavy atom. The molecule has 0 spiro atoms. The number of amides is 1. The molecule has 0 aromatic heterocycles. The molecule has 1 atom stereocenters. The third-order valence-electron chi connectivity index (χ3n) is 3.15. The van der Waals surface area contributed by atoms with E-state index in [0.717, 1.165) is 11.1 Å². The van der Waals surface area contributed by atoms with E-state index in [4.69, 9.17) is 0 Å². The molecule has 0 radical (unpaired) electrons. The van der Waals surface area contributed by atoms with Gasteiger partial charge in [-0.2, -0.15) is 0 Å². The number of rotatable bonds is 5. The van der Waals surface area contributed by atoms with Crippen molar-refractivity contribution < 1.29 is 9.90 Å². The molecule has 1 unspecified atom stereocenters. The number of carbonyl (C=O) groups is 1. The van der Waals surface area contributed by atoms with Crippen molar-refractivity contribution in [1.29, 1.82) is 0 Å². The van der Waals surface area contributed by atoms with E-state index in [1.54, 1.807) is 19.0 Å². The molecule has 100 valence electrons. The molecule has 0 saturated carbocycles. The first-order chi connectivity index (χ1) is 8.41. The minimum Gasteiger partial charge on any atom is -0.388 e. The summed E-state index contributed by atoms with van der Waals surface area (Å²) in [5, 5.41) is 10.1. The summed E-state index contributed by atoms with van der Waals surface area (Å²) in [6, 6.07) is 6.06. The van der Waals surface area contributed by atoms with Crippen LogP contribution >= 0.6 is 0 Å². The van der Waals surface area contributed by atoms with Crippen LogP contribution in [0.15, 0.2) is 18.2 Å². The normalized spacial score (nSPS) is 12.3. The Kier molecular flexibility index (Phi) is 5.35. The molecule has 1 amide bonds. The number of aryl methyl sites for hydroxylation is 2. The van der Waals surface area contributed by atoms with Gasteiger partial charge < -0.3 is 10.0 Å². The van der Waals surface area contributed by atoms with Gasteiger partial charge in [0.25, 0.3) is 0 Å². The Morgan fingerprint density at radius 2 is 2.00 bits per heavy atom. The number of hydrogen-bond acceptors (Lipinski definition) is 2. The SMILES string of the molecule is Cc1ccc(C(O)CCCC(=O)N(C)C)c(C)c1. The third-order valence-corrected chi connectivity index (χ3v) is 3.15. The highest BCUT2D eigenvalue weighted by Crippen LogP contribution is 2.23. The number of aliphatic hydroxyl groups is 1. The van der Waals surface area contributed by atoms with Gasteiger partial charge in [0, 0.05) is 20.5 Å². The van der Waals surface area contributed by atoms with Crippen molar-refractivity contribution >= 4 is 5.91 Å². The summed E-state index contributed by atoms with van der Waals surface area (Å²) in [6.45, 7) is 4.05. The fraction of sp³-hybridized carbons (Fsp3) is 0.533. The molecule has 3 nitrogen and oxygen atoms in total. The van der Waals surface area contributed by atoms with Crippen molar-refractivity contribution in [3.63, 3.8) is 0 Å². The van der Waals surface area contributed by atoms with Crippen molar-refractivity contribution in [2.24, 2.45) is 0 Å². The number of nitrogens with zero attached hydrogens (tertiary/aromatic N) is 1. The van der Waals surface area contributed by atoms with Gasteiger partial charge in [0.05, 0.1) is 6.10 Å². The largest absolute Gasteiger partial charge is 0.388 e. The van der Waals surface area contributed by atoms with E-state index in [2.05, 4.69) is 6.07 Å². The molecule has 0 heterocycles.